The van der Waals surface area contributed by atoms with E-state index in [-0.39, 0.29) is 0 Å². The summed E-state index contributed by atoms with van der Waals surface area (Å²) in [7, 11) is 0. The number of thiophene rings is 1. The molecule has 3 heterocycles. The molecule has 0 unspecified atom stereocenters. The summed E-state index contributed by atoms with van der Waals surface area (Å²) in [5.74, 6) is 0. The van der Waals surface area contributed by atoms with Crippen molar-refractivity contribution in [3.8, 4) is 39.1 Å². The predicted molar refractivity (Wildman–Crippen MR) is 272 cm³/mol. The Labute approximate surface area is 373 Å². The molecule has 64 heavy (non-hydrogen) atoms. The van der Waals surface area contributed by atoms with Gasteiger partial charge in [-0.3, -0.25) is 0 Å². The summed E-state index contributed by atoms with van der Waals surface area (Å²) in [6, 6.07) is 83.3. The lowest BCUT2D eigenvalue weighted by Crippen LogP contribution is -2.11. The molecular weight excluding hydrogens is 797 g/mol. The van der Waals surface area contributed by atoms with Crippen LogP contribution < -0.4 is 4.90 Å². The lowest BCUT2D eigenvalue weighted by Gasteiger charge is -2.28. The van der Waals surface area contributed by atoms with Gasteiger partial charge in [0, 0.05) is 76.0 Å². The molecule has 0 radical (unpaired) electrons. The largest absolute Gasteiger partial charge is 0.456 e. The number of para-hydroxylation sites is 3. The van der Waals surface area contributed by atoms with Crippen LogP contribution in [0.4, 0.5) is 17.1 Å². The molecule has 0 N–H and O–H groups in total. The van der Waals surface area contributed by atoms with Gasteiger partial charge in [-0.05, 0) is 95.1 Å². The normalized spacial score (nSPS) is 11.8. The van der Waals surface area contributed by atoms with Gasteiger partial charge in [0.1, 0.15) is 11.2 Å². The Bertz CT molecular complexity index is 3880. The fourth-order valence-electron chi connectivity index (χ4n) is 9.92. The third kappa shape index (κ3) is 5.81. The zero-order valence-electron chi connectivity index (χ0n) is 34.7. The highest BCUT2D eigenvalue weighted by atomic mass is 32.1. The summed E-state index contributed by atoms with van der Waals surface area (Å²) < 4.78 is 11.8. The second kappa shape index (κ2) is 14.7. The van der Waals surface area contributed by atoms with E-state index in [2.05, 4.69) is 240 Å². The summed E-state index contributed by atoms with van der Waals surface area (Å²) in [6.45, 7) is 0. The molecule has 3 aromatic heterocycles. The maximum atomic E-state index is 6.77. The van der Waals surface area contributed by atoms with Crippen LogP contribution in [0.5, 0.6) is 0 Å². The Balaban J connectivity index is 1.02. The van der Waals surface area contributed by atoms with Crippen molar-refractivity contribution in [1.29, 1.82) is 0 Å². The smallest absolute Gasteiger partial charge is 0.138 e. The third-order valence-electron chi connectivity index (χ3n) is 12.8. The fourth-order valence-corrected chi connectivity index (χ4v) is 11.0. The van der Waals surface area contributed by atoms with Crippen LogP contribution in [0.1, 0.15) is 0 Å². The molecule has 300 valence electrons. The number of fused-ring (bicyclic) bond motifs is 9. The summed E-state index contributed by atoms with van der Waals surface area (Å²) in [6.07, 6.45) is 0. The van der Waals surface area contributed by atoms with E-state index in [9.17, 15) is 0 Å². The fraction of sp³-hybridized carbons (Fsp3) is 0. The Morgan fingerprint density at radius 1 is 0.375 bits per heavy atom. The number of hydrogen-bond donors (Lipinski definition) is 0. The van der Waals surface area contributed by atoms with Crippen molar-refractivity contribution in [2.75, 3.05) is 4.90 Å². The molecule has 0 saturated carbocycles. The Kier molecular flexibility index (Phi) is 8.40. The van der Waals surface area contributed by atoms with E-state index in [1.54, 1.807) is 0 Å². The molecule has 0 aliphatic rings. The number of aromatic nitrogens is 1. The third-order valence-corrected chi connectivity index (χ3v) is 13.9. The summed E-state index contributed by atoms with van der Waals surface area (Å²) in [5, 5.41) is 7.26. The molecular formula is C60H38N2OS. The lowest BCUT2D eigenvalue weighted by atomic mass is 9.93. The number of anilines is 3. The highest BCUT2D eigenvalue weighted by Crippen LogP contribution is 2.48. The predicted octanol–water partition coefficient (Wildman–Crippen LogP) is 17.5. The minimum Gasteiger partial charge on any atom is -0.456 e. The van der Waals surface area contributed by atoms with Gasteiger partial charge in [-0.1, -0.05) is 152 Å². The molecule has 0 aliphatic heterocycles. The lowest BCUT2D eigenvalue weighted by molar-refractivity contribution is 0.669. The average Bonchev–Trinajstić information content (AvgIpc) is 4.04. The van der Waals surface area contributed by atoms with Crippen LogP contribution in [0, 0.1) is 0 Å². The SMILES string of the molecule is c1ccc(-c2ccc(N(c3ccc(-n4c5ccccc5c5c(-c6ccc7sc8ccccc8c7c6)c6c(cc54)oc4ccccc46)cc3)c3ccccc3-c3ccccc3)cc2)cc1. The molecule has 13 aromatic rings. The molecule has 0 atom stereocenters. The van der Waals surface area contributed by atoms with Gasteiger partial charge in [0.15, 0.2) is 0 Å². The van der Waals surface area contributed by atoms with Gasteiger partial charge in [-0.15, -0.1) is 11.3 Å². The van der Waals surface area contributed by atoms with Crippen molar-refractivity contribution in [2.45, 2.75) is 0 Å². The highest BCUT2D eigenvalue weighted by Gasteiger charge is 2.24. The van der Waals surface area contributed by atoms with E-state index >= 15 is 0 Å². The Morgan fingerprint density at radius 3 is 1.77 bits per heavy atom. The van der Waals surface area contributed by atoms with E-state index in [4.69, 9.17) is 4.42 Å². The van der Waals surface area contributed by atoms with Crippen LogP contribution in [-0.4, -0.2) is 4.57 Å². The van der Waals surface area contributed by atoms with Gasteiger partial charge in [0.2, 0.25) is 0 Å². The molecule has 13 rings (SSSR count). The zero-order chi connectivity index (χ0) is 42.1. The molecule has 0 amide bonds. The van der Waals surface area contributed by atoms with Gasteiger partial charge < -0.3 is 13.9 Å². The zero-order valence-corrected chi connectivity index (χ0v) is 35.5. The van der Waals surface area contributed by atoms with E-state index in [1.807, 2.05) is 11.3 Å². The van der Waals surface area contributed by atoms with Gasteiger partial charge in [0.05, 0.1) is 16.7 Å². The van der Waals surface area contributed by atoms with Crippen LogP contribution in [0.3, 0.4) is 0 Å². The van der Waals surface area contributed by atoms with Crippen LogP contribution in [0.15, 0.2) is 235 Å². The van der Waals surface area contributed by atoms with Crippen LogP contribution in [0.2, 0.25) is 0 Å². The number of furan rings is 1. The Morgan fingerprint density at radius 2 is 0.969 bits per heavy atom. The first-order valence-electron chi connectivity index (χ1n) is 21.7. The second-order valence-corrected chi connectivity index (χ2v) is 17.5. The summed E-state index contributed by atoms with van der Waals surface area (Å²) >= 11 is 1.85. The second-order valence-electron chi connectivity index (χ2n) is 16.4. The number of rotatable bonds is 7. The van der Waals surface area contributed by atoms with Gasteiger partial charge in [-0.2, -0.15) is 0 Å². The molecule has 10 aromatic carbocycles. The van der Waals surface area contributed by atoms with Crippen molar-refractivity contribution < 1.29 is 4.42 Å². The van der Waals surface area contributed by atoms with Crippen molar-refractivity contribution in [3.05, 3.63) is 231 Å². The molecule has 0 spiro atoms. The number of benzene rings is 10. The van der Waals surface area contributed by atoms with Crippen molar-refractivity contribution >= 4 is 92.3 Å². The molecule has 0 bridgehead atoms. The van der Waals surface area contributed by atoms with E-state index in [1.165, 1.54) is 58.8 Å². The minimum absolute atomic E-state index is 0.877. The quantitative estimate of drug-likeness (QED) is 0.159. The standard InChI is InChI=1S/C60H38N2OS/c1-3-15-39(16-4-1)40-27-30-43(31-28-40)61(51-23-11-7-19-46(51)41-17-5-2-6-18-41)44-32-34-45(35-33-44)62-52-24-12-8-21-48(52)59-53(62)38-55-60(49-22-9-13-25-54(49)63-55)58(59)42-29-36-57-50(37-42)47-20-10-14-26-56(47)64-57/h1-38H. The van der Waals surface area contributed by atoms with Crippen LogP contribution in [0.25, 0.3) is 103 Å². The topological polar surface area (TPSA) is 21.3 Å². The summed E-state index contributed by atoms with van der Waals surface area (Å²) in [4.78, 5) is 2.38. The van der Waals surface area contributed by atoms with E-state index in [0.717, 1.165) is 61.3 Å². The monoisotopic (exact) mass is 834 g/mol. The molecule has 4 heteroatoms. The first-order chi connectivity index (χ1) is 31.7. The number of hydrogen-bond acceptors (Lipinski definition) is 3. The molecule has 3 nitrogen and oxygen atoms in total. The number of nitrogens with zero attached hydrogens (tertiary/aromatic N) is 2. The van der Waals surface area contributed by atoms with Crippen molar-refractivity contribution in [2.24, 2.45) is 0 Å². The Hall–Kier alpha value is -8.18. The van der Waals surface area contributed by atoms with E-state index < -0.39 is 0 Å². The first kappa shape index (κ1) is 36.5. The van der Waals surface area contributed by atoms with Crippen molar-refractivity contribution in [1.82, 2.24) is 4.57 Å². The first-order valence-corrected chi connectivity index (χ1v) is 22.6. The van der Waals surface area contributed by atoms with Gasteiger partial charge in [0.25, 0.3) is 0 Å². The highest BCUT2D eigenvalue weighted by molar-refractivity contribution is 7.25. The van der Waals surface area contributed by atoms with Crippen LogP contribution in [-0.2, 0) is 0 Å². The molecule has 0 saturated heterocycles. The average molecular weight is 835 g/mol. The maximum Gasteiger partial charge on any atom is 0.138 e. The summed E-state index contributed by atoms with van der Waals surface area (Å²) in [5.41, 5.74) is 15.5. The van der Waals surface area contributed by atoms with Gasteiger partial charge in [-0.25, -0.2) is 0 Å². The molecule has 0 aliphatic carbocycles. The van der Waals surface area contributed by atoms with E-state index in [0.29, 0.717) is 0 Å². The molecule has 0 fully saturated rings. The van der Waals surface area contributed by atoms with Gasteiger partial charge >= 0.3 is 0 Å². The van der Waals surface area contributed by atoms with Crippen LogP contribution >= 0.6 is 11.3 Å². The minimum atomic E-state index is 0.877. The van der Waals surface area contributed by atoms with Crippen molar-refractivity contribution in [3.63, 3.8) is 0 Å². The maximum absolute atomic E-state index is 6.77.